The summed E-state index contributed by atoms with van der Waals surface area (Å²) in [5.74, 6) is -3.94. The Morgan fingerprint density at radius 1 is 1.10 bits per heavy atom. The van der Waals surface area contributed by atoms with Crippen LogP contribution in [0, 0.1) is 16.7 Å². The van der Waals surface area contributed by atoms with E-state index in [0.717, 1.165) is 6.92 Å². The zero-order chi connectivity index (χ0) is 28.8. The van der Waals surface area contributed by atoms with Gasteiger partial charge in [0, 0.05) is 24.7 Å². The van der Waals surface area contributed by atoms with Gasteiger partial charge in [-0.05, 0) is 51.3 Å². The first-order valence-corrected chi connectivity index (χ1v) is 13.2. The van der Waals surface area contributed by atoms with Crippen molar-refractivity contribution in [3.63, 3.8) is 0 Å². The molecule has 5 rings (SSSR count). The van der Waals surface area contributed by atoms with Crippen LogP contribution in [-0.2, 0) is 23.8 Å². The number of rotatable bonds is 4. The summed E-state index contributed by atoms with van der Waals surface area (Å²) in [6.45, 7) is 6.71. The molecule has 2 saturated carbocycles. The lowest BCUT2D eigenvalue weighted by molar-refractivity contribution is -0.340. The highest BCUT2D eigenvalue weighted by atomic mass is 16.6. The molecule has 1 saturated heterocycles. The quantitative estimate of drug-likeness (QED) is 0.248. The lowest BCUT2D eigenvalue weighted by Crippen LogP contribution is -2.85. The van der Waals surface area contributed by atoms with Gasteiger partial charge in [0.15, 0.2) is 5.60 Å². The van der Waals surface area contributed by atoms with Crippen molar-refractivity contribution in [3.05, 3.63) is 47.0 Å². The van der Waals surface area contributed by atoms with Crippen molar-refractivity contribution < 1.29 is 49.0 Å². The van der Waals surface area contributed by atoms with E-state index >= 15 is 0 Å². The fourth-order valence-electron chi connectivity index (χ4n) is 8.25. The number of aliphatic hydroxyl groups is 4. The largest absolute Gasteiger partial charge is 0.459 e. The Morgan fingerprint density at radius 3 is 2.33 bits per heavy atom. The molecule has 0 radical (unpaired) electrons. The number of benzene rings is 1. The molecular weight excluding hydrogens is 508 g/mol. The highest BCUT2D eigenvalue weighted by Gasteiger charge is 2.85. The molecule has 4 aliphatic rings. The van der Waals surface area contributed by atoms with Gasteiger partial charge in [0.25, 0.3) is 0 Å². The van der Waals surface area contributed by atoms with Crippen molar-refractivity contribution >= 4 is 17.9 Å². The molecule has 2 bridgehead atoms. The van der Waals surface area contributed by atoms with Crippen molar-refractivity contribution in [1.29, 1.82) is 0 Å². The number of carbonyl (C=O) groups is 3. The number of hydrogen-bond acceptors (Lipinski definition) is 10. The molecule has 39 heavy (non-hydrogen) atoms. The van der Waals surface area contributed by atoms with E-state index in [2.05, 4.69) is 0 Å². The van der Waals surface area contributed by atoms with E-state index < -0.39 is 76.4 Å². The molecule has 0 spiro atoms. The average Bonchev–Trinajstić information content (AvgIpc) is 3.24. The van der Waals surface area contributed by atoms with E-state index in [1.54, 1.807) is 51.1 Å². The zero-order valence-corrected chi connectivity index (χ0v) is 22.8. The first kappa shape index (κ1) is 27.8. The zero-order valence-electron chi connectivity index (χ0n) is 22.8. The second kappa shape index (κ2) is 8.60. The Bertz CT molecular complexity index is 1260. The number of esters is 3. The van der Waals surface area contributed by atoms with E-state index in [0.29, 0.717) is 24.0 Å². The van der Waals surface area contributed by atoms with Gasteiger partial charge in [-0.3, -0.25) is 4.79 Å². The van der Waals surface area contributed by atoms with Crippen LogP contribution >= 0.6 is 0 Å². The first-order chi connectivity index (χ1) is 18.1. The molecule has 212 valence electrons. The predicted octanol–water partition coefficient (Wildman–Crippen LogP) is 1.43. The average molecular weight is 545 g/mol. The van der Waals surface area contributed by atoms with Gasteiger partial charge in [0.1, 0.15) is 23.4 Å². The van der Waals surface area contributed by atoms with E-state index in [4.69, 9.17) is 14.2 Å². The number of fused-ring (bicyclic) bond motifs is 2. The van der Waals surface area contributed by atoms with Crippen molar-refractivity contribution in [2.75, 3.05) is 6.61 Å². The topological polar surface area (TPSA) is 160 Å². The van der Waals surface area contributed by atoms with Gasteiger partial charge in [-0.25, -0.2) is 9.59 Å². The van der Waals surface area contributed by atoms with Gasteiger partial charge in [-0.2, -0.15) is 0 Å². The number of carbonyl (C=O) groups excluding carboxylic acids is 3. The molecular formula is C29H36O10. The van der Waals surface area contributed by atoms with E-state index in [1.807, 2.05) is 0 Å². The van der Waals surface area contributed by atoms with E-state index in [1.165, 1.54) is 6.92 Å². The molecule has 1 aliphatic heterocycles. The monoisotopic (exact) mass is 544 g/mol. The second-order valence-corrected chi connectivity index (χ2v) is 12.2. The van der Waals surface area contributed by atoms with Crippen molar-refractivity contribution in [2.45, 2.75) is 89.0 Å². The second-order valence-electron chi connectivity index (χ2n) is 12.2. The number of ether oxygens (including phenoxy) is 3. The minimum atomic E-state index is -2.42. The molecule has 0 unspecified atom stereocenters. The van der Waals surface area contributed by atoms with Crippen LogP contribution in [0.5, 0.6) is 0 Å². The fourth-order valence-corrected chi connectivity index (χ4v) is 8.25. The molecule has 10 nitrogen and oxygen atoms in total. The summed E-state index contributed by atoms with van der Waals surface area (Å²) in [6.07, 6.45) is -3.92. The molecule has 3 fully saturated rings. The summed E-state index contributed by atoms with van der Waals surface area (Å²) >= 11 is 0. The highest BCUT2D eigenvalue weighted by Crippen LogP contribution is 2.74. The molecule has 0 amide bonds. The van der Waals surface area contributed by atoms with Crippen molar-refractivity contribution in [3.8, 4) is 0 Å². The standard InChI is InChI=1S/C29H36O10/c1-15-11-12-27-20(15)29(36,24(34)39-25(27,3)4)26(5)18(32)13-19(37-16(2)31)28(35,14-30)21(26)22(27)38-23(33)17-9-7-6-8-10-17/h6-10,18-19,21-22,30,32,35-36H,11-14H2,1-5H3/t18-,19-,21+,22-,26+,27-,28-,29+/m0/s1. The lowest BCUT2D eigenvalue weighted by Gasteiger charge is -2.71. The SMILES string of the molecule is CC(=O)O[C@H]1C[C@H](O)[C@]2(C)[C@@H]([C@H](OC(=O)c3ccccc3)[C@]34CCC(C)=C3[C@@]2(O)C(=O)OC4(C)C)[C@]1(O)CO. The van der Waals surface area contributed by atoms with Gasteiger partial charge < -0.3 is 34.6 Å². The maximum Gasteiger partial charge on any atom is 0.343 e. The summed E-state index contributed by atoms with van der Waals surface area (Å²) in [4.78, 5) is 39.4. The van der Waals surface area contributed by atoms with Crippen LogP contribution in [0.15, 0.2) is 41.5 Å². The Hall–Kier alpha value is -2.79. The summed E-state index contributed by atoms with van der Waals surface area (Å²) in [5.41, 5.74) is -8.07. The Kier molecular flexibility index (Phi) is 6.12. The molecule has 0 aromatic heterocycles. The minimum Gasteiger partial charge on any atom is -0.459 e. The maximum absolute atomic E-state index is 13.8. The first-order valence-electron chi connectivity index (χ1n) is 13.2. The summed E-state index contributed by atoms with van der Waals surface area (Å²) in [6, 6.07) is 8.21. The number of hydrogen-bond donors (Lipinski definition) is 4. The van der Waals surface area contributed by atoms with Crippen LogP contribution in [0.2, 0.25) is 0 Å². The Balaban J connectivity index is 1.83. The molecule has 3 aliphatic carbocycles. The molecule has 4 N–H and O–H groups in total. The van der Waals surface area contributed by atoms with Crippen LogP contribution in [0.4, 0.5) is 0 Å². The Morgan fingerprint density at radius 2 is 1.74 bits per heavy atom. The van der Waals surface area contributed by atoms with Crippen LogP contribution in [0.1, 0.15) is 64.2 Å². The van der Waals surface area contributed by atoms with Gasteiger partial charge in [0.2, 0.25) is 0 Å². The van der Waals surface area contributed by atoms with Crippen molar-refractivity contribution in [2.24, 2.45) is 16.7 Å². The molecule has 1 aromatic rings. The third kappa shape index (κ3) is 3.26. The molecule has 1 heterocycles. The van der Waals surface area contributed by atoms with Crippen LogP contribution in [0.25, 0.3) is 0 Å². The van der Waals surface area contributed by atoms with E-state index in [9.17, 15) is 34.8 Å². The van der Waals surface area contributed by atoms with Gasteiger partial charge in [0.05, 0.1) is 23.7 Å². The fraction of sp³-hybridized carbons (Fsp3) is 0.621. The summed E-state index contributed by atoms with van der Waals surface area (Å²) < 4.78 is 17.6. The minimum absolute atomic E-state index is 0.225. The summed E-state index contributed by atoms with van der Waals surface area (Å²) in [7, 11) is 0. The predicted molar refractivity (Wildman–Crippen MR) is 135 cm³/mol. The number of cyclic esters (lactones) is 1. The van der Waals surface area contributed by atoms with Crippen LogP contribution in [-0.4, -0.2) is 80.1 Å². The maximum atomic E-state index is 13.8. The highest BCUT2D eigenvalue weighted by molar-refractivity contribution is 5.91. The normalized spacial score (nSPS) is 42.2. The van der Waals surface area contributed by atoms with E-state index in [-0.39, 0.29) is 12.0 Å². The third-order valence-electron chi connectivity index (χ3n) is 10.1. The van der Waals surface area contributed by atoms with Crippen molar-refractivity contribution in [1.82, 2.24) is 0 Å². The third-order valence-corrected chi connectivity index (χ3v) is 10.1. The van der Waals surface area contributed by atoms with Gasteiger partial charge >= 0.3 is 17.9 Å². The van der Waals surface area contributed by atoms with Gasteiger partial charge in [-0.15, -0.1) is 0 Å². The molecule has 1 aromatic carbocycles. The lowest BCUT2D eigenvalue weighted by atomic mass is 9.38. The van der Waals surface area contributed by atoms with Crippen LogP contribution in [0.3, 0.4) is 0 Å². The molecule has 10 heteroatoms. The Labute approximate surface area is 226 Å². The number of aliphatic hydroxyl groups excluding tert-OH is 2. The smallest absolute Gasteiger partial charge is 0.343 e. The molecule has 8 atom stereocenters. The van der Waals surface area contributed by atoms with Gasteiger partial charge in [-0.1, -0.05) is 30.7 Å². The number of allylic oxidation sites excluding steroid dienone is 1. The summed E-state index contributed by atoms with van der Waals surface area (Å²) in [5, 5.41) is 47.1. The van der Waals surface area contributed by atoms with Crippen LogP contribution < -0.4 is 0 Å².